The van der Waals surface area contributed by atoms with Crippen molar-refractivity contribution in [2.45, 2.75) is 39.2 Å². The molecule has 1 aromatic carbocycles. The van der Waals surface area contributed by atoms with Gasteiger partial charge in [0.2, 0.25) is 0 Å². The Hall–Kier alpha value is -1.02. The number of hydrogen-bond acceptors (Lipinski definition) is 2. The van der Waals surface area contributed by atoms with Crippen LogP contribution >= 0.6 is 0 Å². The van der Waals surface area contributed by atoms with E-state index in [-0.39, 0.29) is 0 Å². The van der Waals surface area contributed by atoms with Crippen molar-refractivity contribution < 1.29 is 0 Å². The summed E-state index contributed by atoms with van der Waals surface area (Å²) in [6.45, 7) is 5.62. The smallest absolute Gasteiger partial charge is 0.0349 e. The molecule has 0 aliphatic heterocycles. The molecule has 0 heterocycles. The van der Waals surface area contributed by atoms with Gasteiger partial charge in [0.25, 0.3) is 0 Å². The highest BCUT2D eigenvalue weighted by molar-refractivity contribution is 5.52. The number of fused-ring (bicyclic) bond motifs is 1. The zero-order valence-corrected chi connectivity index (χ0v) is 10.3. The van der Waals surface area contributed by atoms with Crippen LogP contribution < -0.4 is 11.1 Å². The van der Waals surface area contributed by atoms with Gasteiger partial charge in [0.15, 0.2) is 0 Å². The van der Waals surface area contributed by atoms with Gasteiger partial charge in [-0.15, -0.1) is 0 Å². The van der Waals surface area contributed by atoms with Crippen LogP contribution in [0.1, 0.15) is 31.4 Å². The normalized spacial score (nSPS) is 19.8. The minimum atomic E-state index is 0.636. The molecular weight excluding hydrogens is 196 g/mol. The Kier molecular flexibility index (Phi) is 3.49. The summed E-state index contributed by atoms with van der Waals surface area (Å²) in [6, 6.07) is 6.94. The van der Waals surface area contributed by atoms with E-state index in [1.54, 1.807) is 0 Å². The van der Waals surface area contributed by atoms with Crippen LogP contribution in [0.4, 0.5) is 5.69 Å². The third-order valence-corrected chi connectivity index (χ3v) is 3.33. The molecule has 0 amide bonds. The number of hydrogen-bond donors (Lipinski definition) is 2. The Balaban J connectivity index is 2.01. The van der Waals surface area contributed by atoms with E-state index < -0.39 is 0 Å². The maximum atomic E-state index is 5.99. The van der Waals surface area contributed by atoms with Gasteiger partial charge in [-0.1, -0.05) is 26.0 Å². The number of nitrogen functional groups attached to an aromatic ring is 1. The first-order valence-electron chi connectivity index (χ1n) is 6.26. The molecule has 1 atom stereocenters. The fourth-order valence-electron chi connectivity index (χ4n) is 2.41. The van der Waals surface area contributed by atoms with E-state index in [1.807, 2.05) is 6.07 Å². The standard InChI is InChI=1S/C14H22N2/c1-10(2)9-16-12-6-7-13-11(8-12)4-3-5-14(13)15/h3-5,10,12,16H,6-9,15H2,1-2H3. The van der Waals surface area contributed by atoms with Crippen LogP contribution in [0.15, 0.2) is 18.2 Å². The topological polar surface area (TPSA) is 38.0 Å². The first kappa shape index (κ1) is 11.5. The second-order valence-electron chi connectivity index (χ2n) is 5.23. The third-order valence-electron chi connectivity index (χ3n) is 3.33. The lowest BCUT2D eigenvalue weighted by molar-refractivity contribution is 0.425. The monoisotopic (exact) mass is 218 g/mol. The highest BCUT2D eigenvalue weighted by Gasteiger charge is 2.19. The van der Waals surface area contributed by atoms with Crippen molar-refractivity contribution in [3.63, 3.8) is 0 Å². The van der Waals surface area contributed by atoms with E-state index in [0.29, 0.717) is 6.04 Å². The van der Waals surface area contributed by atoms with E-state index in [1.165, 1.54) is 17.5 Å². The van der Waals surface area contributed by atoms with Crippen molar-refractivity contribution in [1.82, 2.24) is 5.32 Å². The van der Waals surface area contributed by atoms with Gasteiger partial charge in [0, 0.05) is 11.7 Å². The van der Waals surface area contributed by atoms with Gasteiger partial charge in [-0.3, -0.25) is 0 Å². The molecule has 2 rings (SSSR count). The van der Waals surface area contributed by atoms with Crippen LogP contribution in [0.2, 0.25) is 0 Å². The van der Waals surface area contributed by atoms with Gasteiger partial charge in [-0.25, -0.2) is 0 Å². The molecule has 0 bridgehead atoms. The maximum Gasteiger partial charge on any atom is 0.0349 e. The molecule has 0 fully saturated rings. The van der Waals surface area contributed by atoms with Crippen molar-refractivity contribution in [3.05, 3.63) is 29.3 Å². The Morgan fingerprint density at radius 2 is 2.25 bits per heavy atom. The zero-order chi connectivity index (χ0) is 11.5. The van der Waals surface area contributed by atoms with Crippen molar-refractivity contribution in [3.8, 4) is 0 Å². The summed E-state index contributed by atoms with van der Waals surface area (Å²) in [5.41, 5.74) is 9.78. The lowest BCUT2D eigenvalue weighted by Crippen LogP contribution is -2.36. The quantitative estimate of drug-likeness (QED) is 0.764. The van der Waals surface area contributed by atoms with E-state index in [2.05, 4.69) is 31.3 Å². The van der Waals surface area contributed by atoms with Gasteiger partial charge in [0.05, 0.1) is 0 Å². The van der Waals surface area contributed by atoms with Crippen molar-refractivity contribution in [2.24, 2.45) is 5.92 Å². The first-order chi connectivity index (χ1) is 7.66. The Morgan fingerprint density at radius 3 is 3.00 bits per heavy atom. The highest BCUT2D eigenvalue weighted by Crippen LogP contribution is 2.26. The zero-order valence-electron chi connectivity index (χ0n) is 10.3. The van der Waals surface area contributed by atoms with Crippen LogP contribution in [0.5, 0.6) is 0 Å². The van der Waals surface area contributed by atoms with Gasteiger partial charge in [-0.2, -0.15) is 0 Å². The molecular formula is C14H22N2. The average molecular weight is 218 g/mol. The minimum Gasteiger partial charge on any atom is -0.398 e. The fraction of sp³-hybridized carbons (Fsp3) is 0.571. The number of benzene rings is 1. The molecule has 0 spiro atoms. The van der Waals surface area contributed by atoms with Crippen LogP contribution in [-0.4, -0.2) is 12.6 Å². The number of nitrogens with two attached hydrogens (primary N) is 1. The summed E-state index contributed by atoms with van der Waals surface area (Å²) in [4.78, 5) is 0. The molecule has 0 saturated carbocycles. The van der Waals surface area contributed by atoms with Gasteiger partial charge in [-0.05, 0) is 48.9 Å². The van der Waals surface area contributed by atoms with Crippen LogP contribution in [0, 0.1) is 5.92 Å². The van der Waals surface area contributed by atoms with Crippen LogP contribution in [0.25, 0.3) is 0 Å². The highest BCUT2D eigenvalue weighted by atomic mass is 14.9. The van der Waals surface area contributed by atoms with E-state index >= 15 is 0 Å². The van der Waals surface area contributed by atoms with E-state index in [9.17, 15) is 0 Å². The molecule has 2 heteroatoms. The third kappa shape index (κ3) is 2.56. The molecule has 1 aliphatic carbocycles. The first-order valence-corrected chi connectivity index (χ1v) is 6.26. The Labute approximate surface area is 98.2 Å². The fourth-order valence-corrected chi connectivity index (χ4v) is 2.41. The van der Waals surface area contributed by atoms with Crippen LogP contribution in [-0.2, 0) is 12.8 Å². The van der Waals surface area contributed by atoms with Gasteiger partial charge in [0.1, 0.15) is 0 Å². The summed E-state index contributed by atoms with van der Waals surface area (Å²) in [5.74, 6) is 0.724. The summed E-state index contributed by atoms with van der Waals surface area (Å²) in [5, 5.41) is 3.64. The molecule has 2 nitrogen and oxygen atoms in total. The predicted octanol–water partition coefficient (Wildman–Crippen LogP) is 2.37. The Bertz CT molecular complexity index is 358. The summed E-state index contributed by atoms with van der Waals surface area (Å²) < 4.78 is 0. The van der Waals surface area contributed by atoms with E-state index in [4.69, 9.17) is 5.73 Å². The molecule has 0 saturated heterocycles. The van der Waals surface area contributed by atoms with Crippen molar-refractivity contribution in [1.29, 1.82) is 0 Å². The largest absolute Gasteiger partial charge is 0.398 e. The molecule has 1 aromatic rings. The SMILES string of the molecule is CC(C)CNC1CCc2c(N)cccc2C1. The minimum absolute atomic E-state index is 0.636. The second-order valence-corrected chi connectivity index (χ2v) is 5.23. The van der Waals surface area contributed by atoms with Gasteiger partial charge >= 0.3 is 0 Å². The molecule has 3 N–H and O–H groups in total. The van der Waals surface area contributed by atoms with E-state index in [0.717, 1.165) is 31.0 Å². The van der Waals surface area contributed by atoms with Crippen LogP contribution in [0.3, 0.4) is 0 Å². The lowest BCUT2D eigenvalue weighted by Gasteiger charge is -2.27. The summed E-state index contributed by atoms with van der Waals surface area (Å²) in [7, 11) is 0. The number of rotatable bonds is 3. The molecule has 88 valence electrons. The molecule has 16 heavy (non-hydrogen) atoms. The average Bonchev–Trinajstić information content (AvgIpc) is 2.26. The number of anilines is 1. The maximum absolute atomic E-state index is 5.99. The summed E-state index contributed by atoms with van der Waals surface area (Å²) in [6.07, 6.45) is 3.47. The van der Waals surface area contributed by atoms with Gasteiger partial charge < -0.3 is 11.1 Å². The van der Waals surface area contributed by atoms with Crippen molar-refractivity contribution >= 4 is 5.69 Å². The summed E-state index contributed by atoms with van der Waals surface area (Å²) >= 11 is 0. The molecule has 0 aromatic heterocycles. The molecule has 1 aliphatic rings. The Morgan fingerprint density at radius 1 is 1.44 bits per heavy atom. The second kappa shape index (κ2) is 4.88. The van der Waals surface area contributed by atoms with Crippen molar-refractivity contribution in [2.75, 3.05) is 12.3 Å². The molecule has 1 unspecified atom stereocenters. The molecule has 0 radical (unpaired) electrons. The number of nitrogens with one attached hydrogen (secondary N) is 1. The predicted molar refractivity (Wildman–Crippen MR) is 69.5 cm³/mol. The lowest BCUT2D eigenvalue weighted by atomic mass is 9.87.